The molecule has 0 amide bonds. The van der Waals surface area contributed by atoms with E-state index in [0.717, 1.165) is 5.76 Å². The number of hydrogen-bond donors (Lipinski definition) is 0. The lowest BCUT2D eigenvalue weighted by atomic mass is 10.1. The number of carbonyl (C=O) groups is 1. The van der Waals surface area contributed by atoms with Crippen LogP contribution in [0.1, 0.15) is 47.5 Å². The van der Waals surface area contributed by atoms with Gasteiger partial charge in [-0.15, -0.1) is 0 Å². The van der Waals surface area contributed by atoms with Gasteiger partial charge in [0.1, 0.15) is 0 Å². The molecule has 0 saturated carbocycles. The van der Waals surface area contributed by atoms with Gasteiger partial charge in [-0.2, -0.15) is 0 Å². The van der Waals surface area contributed by atoms with Crippen molar-refractivity contribution in [1.29, 1.82) is 0 Å². The van der Waals surface area contributed by atoms with Crippen LogP contribution in [-0.4, -0.2) is 45.3 Å². The SMILES string of the molecule is CC1(C)OCC(CC2=CCC(=O)[C@@H](CO[Si](c3ccccc3)(c3ccccc3)C(C)(C)C)O2)O1. The molecule has 182 valence electrons. The summed E-state index contributed by atoms with van der Waals surface area (Å²) in [6, 6.07) is 20.9. The van der Waals surface area contributed by atoms with Crippen molar-refractivity contribution in [1.82, 2.24) is 0 Å². The fourth-order valence-corrected chi connectivity index (χ4v) is 9.51. The van der Waals surface area contributed by atoms with E-state index in [1.54, 1.807) is 0 Å². The highest BCUT2D eigenvalue weighted by Crippen LogP contribution is 2.37. The molecule has 4 rings (SSSR count). The van der Waals surface area contributed by atoms with Gasteiger partial charge in [-0.1, -0.05) is 81.4 Å². The van der Waals surface area contributed by atoms with Crippen LogP contribution in [-0.2, 0) is 23.4 Å². The quantitative estimate of drug-likeness (QED) is 0.552. The standard InChI is InChI=1S/C28H36O5Si/c1-27(2,3)34(23-12-8-6-9-13-23,24-14-10-7-11-15-24)31-20-26-25(29)17-16-21(32-26)18-22-19-30-28(4,5)33-22/h6-16,22,26H,17-20H2,1-5H3/t22?,26-/m1/s1. The third-order valence-corrected chi connectivity index (χ3v) is 11.6. The Balaban J connectivity index is 1.57. The van der Waals surface area contributed by atoms with E-state index < -0.39 is 20.2 Å². The average molecular weight is 481 g/mol. The van der Waals surface area contributed by atoms with Gasteiger partial charge in [-0.25, -0.2) is 0 Å². The molecular weight excluding hydrogens is 444 g/mol. The molecule has 2 aromatic carbocycles. The number of ketones is 1. The summed E-state index contributed by atoms with van der Waals surface area (Å²) in [5.41, 5.74) is 0. The highest BCUT2D eigenvalue weighted by molar-refractivity contribution is 6.99. The maximum absolute atomic E-state index is 12.8. The molecule has 0 aliphatic carbocycles. The molecule has 2 aliphatic rings. The summed E-state index contributed by atoms with van der Waals surface area (Å²) in [6.07, 6.45) is 2.11. The molecule has 6 heteroatoms. The van der Waals surface area contributed by atoms with Crippen molar-refractivity contribution in [2.75, 3.05) is 13.2 Å². The van der Waals surface area contributed by atoms with Crippen molar-refractivity contribution in [3.05, 3.63) is 72.5 Å². The molecule has 0 radical (unpaired) electrons. The number of ether oxygens (including phenoxy) is 3. The topological polar surface area (TPSA) is 54.0 Å². The number of Topliss-reactive ketones (excluding diaryl/α,β-unsaturated/α-hetero) is 1. The largest absolute Gasteiger partial charge is 0.485 e. The van der Waals surface area contributed by atoms with Gasteiger partial charge in [0.15, 0.2) is 17.7 Å². The van der Waals surface area contributed by atoms with E-state index in [2.05, 4.69) is 69.3 Å². The first-order chi connectivity index (χ1) is 16.1. The summed E-state index contributed by atoms with van der Waals surface area (Å²) in [5, 5.41) is 2.21. The third kappa shape index (κ3) is 5.20. The summed E-state index contributed by atoms with van der Waals surface area (Å²) >= 11 is 0. The minimum atomic E-state index is -2.74. The van der Waals surface area contributed by atoms with Gasteiger partial charge in [0.2, 0.25) is 0 Å². The van der Waals surface area contributed by atoms with Crippen LogP contribution in [0.2, 0.25) is 5.04 Å². The summed E-state index contributed by atoms with van der Waals surface area (Å²) in [4.78, 5) is 12.8. The lowest BCUT2D eigenvalue weighted by Gasteiger charge is -2.43. The van der Waals surface area contributed by atoms with Crippen molar-refractivity contribution in [3.8, 4) is 0 Å². The number of rotatable bonds is 7. The van der Waals surface area contributed by atoms with Crippen LogP contribution in [0.4, 0.5) is 0 Å². The van der Waals surface area contributed by atoms with E-state index in [-0.39, 0.29) is 23.5 Å². The average Bonchev–Trinajstić information content (AvgIpc) is 3.14. The first-order valence-electron chi connectivity index (χ1n) is 12.1. The fourth-order valence-electron chi connectivity index (χ4n) is 4.95. The maximum atomic E-state index is 12.8. The van der Waals surface area contributed by atoms with Crippen LogP contribution in [0.15, 0.2) is 72.5 Å². The van der Waals surface area contributed by atoms with E-state index in [0.29, 0.717) is 19.4 Å². The summed E-state index contributed by atoms with van der Waals surface area (Å²) in [6.45, 7) is 11.2. The van der Waals surface area contributed by atoms with Gasteiger partial charge in [-0.05, 0) is 35.3 Å². The lowest BCUT2D eigenvalue weighted by Crippen LogP contribution is -2.67. The van der Waals surface area contributed by atoms with Gasteiger partial charge >= 0.3 is 0 Å². The van der Waals surface area contributed by atoms with Crippen LogP contribution < -0.4 is 10.4 Å². The third-order valence-electron chi connectivity index (χ3n) is 6.55. The monoisotopic (exact) mass is 480 g/mol. The minimum Gasteiger partial charge on any atom is -0.485 e. The second kappa shape index (κ2) is 9.78. The zero-order valence-electron chi connectivity index (χ0n) is 20.9. The number of hydrogen-bond acceptors (Lipinski definition) is 5. The lowest BCUT2D eigenvalue weighted by molar-refractivity contribution is -0.141. The van der Waals surface area contributed by atoms with Crippen molar-refractivity contribution >= 4 is 24.5 Å². The zero-order chi connectivity index (χ0) is 24.4. The predicted octanol–water partition coefficient (Wildman–Crippen LogP) is 4.35. The second-order valence-electron chi connectivity index (χ2n) is 10.6. The molecular formula is C28H36O5Si. The van der Waals surface area contributed by atoms with Crippen LogP contribution in [0.3, 0.4) is 0 Å². The van der Waals surface area contributed by atoms with Crippen molar-refractivity contribution in [2.45, 2.75) is 70.5 Å². The number of allylic oxidation sites excluding steroid dienone is 1. The smallest absolute Gasteiger partial charge is 0.261 e. The molecule has 34 heavy (non-hydrogen) atoms. The van der Waals surface area contributed by atoms with Gasteiger partial charge in [0.25, 0.3) is 8.32 Å². The van der Waals surface area contributed by atoms with E-state index in [1.807, 2.05) is 32.1 Å². The molecule has 1 fully saturated rings. The maximum Gasteiger partial charge on any atom is 0.261 e. The highest BCUT2D eigenvalue weighted by atomic mass is 28.4. The summed E-state index contributed by atoms with van der Waals surface area (Å²) < 4.78 is 24.7. The molecule has 2 aromatic rings. The van der Waals surface area contributed by atoms with E-state index >= 15 is 0 Å². The van der Waals surface area contributed by atoms with E-state index in [4.69, 9.17) is 18.6 Å². The van der Waals surface area contributed by atoms with Crippen LogP contribution >= 0.6 is 0 Å². The molecule has 2 aliphatic heterocycles. The first-order valence-corrected chi connectivity index (χ1v) is 14.0. The molecule has 0 aromatic heterocycles. The Hall–Kier alpha value is -2.25. The Morgan fingerprint density at radius 2 is 1.59 bits per heavy atom. The van der Waals surface area contributed by atoms with Gasteiger partial charge in [0.05, 0.1) is 25.1 Å². The Bertz CT molecular complexity index is 971. The second-order valence-corrected chi connectivity index (χ2v) is 14.9. The van der Waals surface area contributed by atoms with E-state index in [9.17, 15) is 4.79 Å². The normalized spacial score (nSPS) is 22.9. The molecule has 5 nitrogen and oxygen atoms in total. The number of benzene rings is 2. The minimum absolute atomic E-state index is 0.0469. The van der Waals surface area contributed by atoms with Crippen LogP contribution in [0, 0.1) is 0 Å². The molecule has 2 atom stereocenters. The van der Waals surface area contributed by atoms with Crippen molar-refractivity contribution < 1.29 is 23.4 Å². The highest BCUT2D eigenvalue weighted by Gasteiger charge is 2.51. The molecule has 0 N–H and O–H groups in total. The Labute approximate surface area is 204 Å². The van der Waals surface area contributed by atoms with Crippen molar-refractivity contribution in [2.24, 2.45) is 0 Å². The Morgan fingerprint density at radius 1 is 1.00 bits per heavy atom. The fraction of sp³-hybridized carbons (Fsp3) is 0.464. The van der Waals surface area contributed by atoms with E-state index in [1.165, 1.54) is 10.4 Å². The van der Waals surface area contributed by atoms with Gasteiger partial charge in [0, 0.05) is 12.8 Å². The van der Waals surface area contributed by atoms with Crippen molar-refractivity contribution in [3.63, 3.8) is 0 Å². The Kier molecular flexibility index (Phi) is 7.15. The molecule has 0 bridgehead atoms. The summed E-state index contributed by atoms with van der Waals surface area (Å²) in [7, 11) is -2.74. The first kappa shape index (κ1) is 24.9. The zero-order valence-corrected chi connectivity index (χ0v) is 21.9. The van der Waals surface area contributed by atoms with Gasteiger partial charge < -0.3 is 18.6 Å². The molecule has 0 spiro atoms. The summed E-state index contributed by atoms with van der Waals surface area (Å²) in [5.74, 6) is 0.245. The molecule has 1 unspecified atom stereocenters. The number of carbonyl (C=O) groups excluding carboxylic acids is 1. The molecule has 1 saturated heterocycles. The predicted molar refractivity (Wildman–Crippen MR) is 136 cm³/mol. The van der Waals surface area contributed by atoms with Crippen LogP contribution in [0.5, 0.6) is 0 Å². The van der Waals surface area contributed by atoms with Crippen LogP contribution in [0.25, 0.3) is 0 Å². The Morgan fingerprint density at radius 3 is 2.09 bits per heavy atom. The van der Waals surface area contributed by atoms with Gasteiger partial charge in [-0.3, -0.25) is 4.79 Å². The molecule has 2 heterocycles.